The minimum atomic E-state index is 0.953. The van der Waals surface area contributed by atoms with E-state index in [0.717, 1.165) is 19.6 Å². The van der Waals surface area contributed by atoms with Gasteiger partial charge in [0.1, 0.15) is 0 Å². The number of unbranched alkanes of at least 4 members (excludes halogenated alkanes) is 1. The zero-order chi connectivity index (χ0) is 11.9. The number of aryl methyl sites for hydroxylation is 2. The second kappa shape index (κ2) is 6.25. The van der Waals surface area contributed by atoms with Crippen LogP contribution in [0.5, 0.6) is 0 Å². The molecule has 17 heavy (non-hydrogen) atoms. The first-order valence-corrected chi connectivity index (χ1v) is 6.13. The molecule has 2 aromatic rings. The summed E-state index contributed by atoms with van der Waals surface area (Å²) < 4.78 is 4.27. The van der Waals surface area contributed by atoms with Crippen molar-refractivity contribution in [3.63, 3.8) is 0 Å². The lowest BCUT2D eigenvalue weighted by Crippen LogP contribution is -2.16. The summed E-state index contributed by atoms with van der Waals surface area (Å²) in [6.45, 7) is 3.08. The largest absolute Gasteiger partial charge is 0.353 e. The van der Waals surface area contributed by atoms with E-state index in [-0.39, 0.29) is 0 Å². The number of aromatic nitrogens is 3. The zero-order valence-corrected chi connectivity index (χ0v) is 10.3. The molecule has 4 nitrogen and oxygen atoms in total. The number of nitrogens with zero attached hydrogens (tertiary/aromatic N) is 3. The van der Waals surface area contributed by atoms with E-state index >= 15 is 0 Å². The van der Waals surface area contributed by atoms with Crippen molar-refractivity contribution in [2.24, 2.45) is 7.05 Å². The number of hydrogen-bond acceptors (Lipinski definition) is 2. The van der Waals surface area contributed by atoms with Gasteiger partial charge in [-0.3, -0.25) is 0 Å². The SMILES string of the molecule is Cn1cccc1CNCCCCn1ccnc1. The molecule has 92 valence electrons. The van der Waals surface area contributed by atoms with Crippen LogP contribution < -0.4 is 5.32 Å². The molecule has 0 atom stereocenters. The van der Waals surface area contributed by atoms with Crippen LogP contribution in [0.25, 0.3) is 0 Å². The van der Waals surface area contributed by atoms with Crippen molar-refractivity contribution >= 4 is 0 Å². The Bertz CT molecular complexity index is 416. The molecule has 0 aliphatic rings. The molecule has 0 amide bonds. The van der Waals surface area contributed by atoms with Crippen LogP contribution in [0.4, 0.5) is 0 Å². The van der Waals surface area contributed by atoms with Gasteiger partial charge in [0.2, 0.25) is 0 Å². The Kier molecular flexibility index (Phi) is 4.38. The summed E-state index contributed by atoms with van der Waals surface area (Å²) in [5, 5.41) is 3.46. The van der Waals surface area contributed by atoms with Gasteiger partial charge in [0.05, 0.1) is 6.33 Å². The molecule has 2 heterocycles. The lowest BCUT2D eigenvalue weighted by molar-refractivity contribution is 0.561. The third-order valence-corrected chi connectivity index (χ3v) is 2.94. The number of hydrogen-bond donors (Lipinski definition) is 1. The first kappa shape index (κ1) is 11.9. The van der Waals surface area contributed by atoms with Crippen LogP contribution in [-0.2, 0) is 20.1 Å². The standard InChI is InChI=1S/C13H20N4/c1-16-8-4-5-13(16)11-14-6-2-3-9-17-10-7-15-12-17/h4-5,7-8,10,12,14H,2-3,6,9,11H2,1H3. The molecule has 4 heteroatoms. The Balaban J connectivity index is 1.54. The molecule has 2 aromatic heterocycles. The molecule has 1 N–H and O–H groups in total. The molecule has 0 radical (unpaired) electrons. The van der Waals surface area contributed by atoms with Crippen molar-refractivity contribution < 1.29 is 0 Å². The summed E-state index contributed by atoms with van der Waals surface area (Å²) in [6.07, 6.45) is 10.2. The second-order valence-electron chi connectivity index (χ2n) is 4.29. The molecule has 2 rings (SSSR count). The third-order valence-electron chi connectivity index (χ3n) is 2.94. The Morgan fingerprint density at radius 3 is 2.94 bits per heavy atom. The highest BCUT2D eigenvalue weighted by molar-refractivity contribution is 5.05. The predicted molar refractivity (Wildman–Crippen MR) is 68.6 cm³/mol. The average molecular weight is 232 g/mol. The van der Waals surface area contributed by atoms with Gasteiger partial charge in [0.15, 0.2) is 0 Å². The lowest BCUT2D eigenvalue weighted by atomic mass is 10.3. The van der Waals surface area contributed by atoms with Gasteiger partial charge in [-0.25, -0.2) is 4.98 Å². The van der Waals surface area contributed by atoms with Crippen LogP contribution in [0.3, 0.4) is 0 Å². The van der Waals surface area contributed by atoms with Gasteiger partial charge in [-0.15, -0.1) is 0 Å². The predicted octanol–water partition coefficient (Wildman–Crippen LogP) is 1.79. The maximum Gasteiger partial charge on any atom is 0.0945 e. The van der Waals surface area contributed by atoms with Crippen molar-refractivity contribution in [3.8, 4) is 0 Å². The molecule has 0 saturated carbocycles. The van der Waals surface area contributed by atoms with E-state index in [4.69, 9.17) is 0 Å². The fourth-order valence-electron chi connectivity index (χ4n) is 1.86. The maximum atomic E-state index is 4.03. The van der Waals surface area contributed by atoms with Crippen molar-refractivity contribution in [2.45, 2.75) is 25.9 Å². The molecular formula is C13H20N4. The number of nitrogens with one attached hydrogen (secondary N) is 1. The lowest BCUT2D eigenvalue weighted by Gasteiger charge is -2.06. The van der Waals surface area contributed by atoms with Crippen LogP contribution in [0.15, 0.2) is 37.1 Å². The molecule has 0 bridgehead atoms. The van der Waals surface area contributed by atoms with Gasteiger partial charge in [0, 0.05) is 44.4 Å². The van der Waals surface area contributed by atoms with Gasteiger partial charge in [-0.2, -0.15) is 0 Å². The molecule has 0 saturated heterocycles. The molecule has 0 spiro atoms. The van der Waals surface area contributed by atoms with E-state index in [0.29, 0.717) is 0 Å². The van der Waals surface area contributed by atoms with Gasteiger partial charge >= 0.3 is 0 Å². The summed E-state index contributed by atoms with van der Waals surface area (Å²) in [4.78, 5) is 4.03. The van der Waals surface area contributed by atoms with Crippen LogP contribution >= 0.6 is 0 Å². The molecule has 0 aromatic carbocycles. The van der Waals surface area contributed by atoms with Crippen molar-refractivity contribution in [1.82, 2.24) is 19.4 Å². The van der Waals surface area contributed by atoms with E-state index in [2.05, 4.69) is 44.8 Å². The van der Waals surface area contributed by atoms with Crippen LogP contribution in [0.2, 0.25) is 0 Å². The first-order chi connectivity index (χ1) is 8.36. The molecule has 0 unspecified atom stereocenters. The van der Waals surface area contributed by atoms with E-state index in [1.165, 1.54) is 18.5 Å². The van der Waals surface area contributed by atoms with Gasteiger partial charge < -0.3 is 14.5 Å². The highest BCUT2D eigenvalue weighted by atomic mass is 15.0. The first-order valence-electron chi connectivity index (χ1n) is 6.13. The molecular weight excluding hydrogens is 212 g/mol. The maximum absolute atomic E-state index is 4.03. The smallest absolute Gasteiger partial charge is 0.0945 e. The summed E-state index contributed by atoms with van der Waals surface area (Å²) in [6, 6.07) is 4.23. The fourth-order valence-corrected chi connectivity index (χ4v) is 1.86. The zero-order valence-electron chi connectivity index (χ0n) is 10.3. The van der Waals surface area contributed by atoms with Gasteiger partial charge in [0.25, 0.3) is 0 Å². The Morgan fingerprint density at radius 1 is 1.29 bits per heavy atom. The van der Waals surface area contributed by atoms with Gasteiger partial charge in [-0.1, -0.05) is 0 Å². The minimum absolute atomic E-state index is 0.953. The van der Waals surface area contributed by atoms with E-state index in [1.807, 2.05) is 18.7 Å². The van der Waals surface area contributed by atoms with E-state index in [9.17, 15) is 0 Å². The Morgan fingerprint density at radius 2 is 2.24 bits per heavy atom. The summed E-state index contributed by atoms with van der Waals surface area (Å²) in [5.41, 5.74) is 1.33. The summed E-state index contributed by atoms with van der Waals surface area (Å²) >= 11 is 0. The highest BCUT2D eigenvalue weighted by Gasteiger charge is 1.96. The second-order valence-corrected chi connectivity index (χ2v) is 4.29. The topological polar surface area (TPSA) is 34.8 Å². The van der Waals surface area contributed by atoms with Crippen molar-refractivity contribution in [1.29, 1.82) is 0 Å². The normalized spacial score (nSPS) is 10.9. The van der Waals surface area contributed by atoms with Crippen LogP contribution in [0.1, 0.15) is 18.5 Å². The minimum Gasteiger partial charge on any atom is -0.353 e. The number of imidazole rings is 1. The van der Waals surface area contributed by atoms with Crippen molar-refractivity contribution in [2.75, 3.05) is 6.54 Å². The van der Waals surface area contributed by atoms with Crippen molar-refractivity contribution in [3.05, 3.63) is 42.7 Å². The van der Waals surface area contributed by atoms with Gasteiger partial charge in [-0.05, 0) is 31.5 Å². The number of rotatable bonds is 7. The average Bonchev–Trinajstić information content (AvgIpc) is 2.95. The molecule has 0 aliphatic carbocycles. The monoisotopic (exact) mass is 232 g/mol. The van der Waals surface area contributed by atoms with E-state index in [1.54, 1.807) is 0 Å². The fraction of sp³-hybridized carbons (Fsp3) is 0.462. The third kappa shape index (κ3) is 3.75. The summed E-state index contributed by atoms with van der Waals surface area (Å²) in [5.74, 6) is 0. The highest BCUT2D eigenvalue weighted by Crippen LogP contribution is 1.99. The van der Waals surface area contributed by atoms with Crippen LogP contribution in [-0.4, -0.2) is 20.7 Å². The van der Waals surface area contributed by atoms with E-state index < -0.39 is 0 Å². The Labute approximate surface area is 102 Å². The molecule has 0 fully saturated rings. The summed E-state index contributed by atoms with van der Waals surface area (Å²) in [7, 11) is 2.08. The Hall–Kier alpha value is -1.55. The molecule has 0 aliphatic heterocycles. The quantitative estimate of drug-likeness (QED) is 0.739. The van der Waals surface area contributed by atoms with Crippen LogP contribution in [0, 0.1) is 0 Å².